The highest BCUT2D eigenvalue weighted by Crippen LogP contribution is 2.41. The molecule has 2 nitrogen and oxygen atoms in total. The van der Waals surface area contributed by atoms with Crippen LogP contribution in [0, 0.1) is 6.92 Å². The van der Waals surface area contributed by atoms with E-state index in [-0.39, 0.29) is 11.5 Å². The molecule has 0 aliphatic heterocycles. The summed E-state index contributed by atoms with van der Waals surface area (Å²) in [5, 5.41) is 10.0. The predicted molar refractivity (Wildman–Crippen MR) is 61.8 cm³/mol. The van der Waals surface area contributed by atoms with Crippen molar-refractivity contribution in [2.75, 3.05) is 0 Å². The number of rotatable bonds is 0. The molecule has 1 aromatic carbocycles. The van der Waals surface area contributed by atoms with Crippen LogP contribution in [-0.2, 0) is 5.41 Å². The molecular weight excluding hydrogens is 186 g/mol. The van der Waals surface area contributed by atoms with Crippen molar-refractivity contribution >= 4 is 0 Å². The van der Waals surface area contributed by atoms with E-state index < -0.39 is 6.10 Å². The zero-order valence-corrected chi connectivity index (χ0v) is 9.62. The summed E-state index contributed by atoms with van der Waals surface area (Å²) in [6.07, 6.45) is 0.332. The normalized spacial score (nSPS) is 28.6. The minimum atomic E-state index is -0.506. The maximum absolute atomic E-state index is 10.0. The van der Waals surface area contributed by atoms with Crippen LogP contribution in [0.3, 0.4) is 0 Å². The molecule has 2 atom stereocenters. The second kappa shape index (κ2) is 3.32. The summed E-state index contributed by atoms with van der Waals surface area (Å²) in [5.41, 5.74) is 9.52. The maximum atomic E-state index is 10.0. The molecular formula is C13H19NO. The van der Waals surface area contributed by atoms with Crippen molar-refractivity contribution in [1.29, 1.82) is 0 Å². The number of fused-ring (bicyclic) bond motifs is 1. The summed E-state index contributed by atoms with van der Waals surface area (Å²) in [5.74, 6) is 0. The van der Waals surface area contributed by atoms with Gasteiger partial charge in [-0.3, -0.25) is 0 Å². The van der Waals surface area contributed by atoms with Crippen LogP contribution in [0.25, 0.3) is 0 Å². The van der Waals surface area contributed by atoms with Crippen molar-refractivity contribution in [3.05, 3.63) is 34.9 Å². The lowest BCUT2D eigenvalue weighted by atomic mass is 9.69. The Morgan fingerprint density at radius 2 is 2.07 bits per heavy atom. The van der Waals surface area contributed by atoms with Crippen molar-refractivity contribution in [3.63, 3.8) is 0 Å². The van der Waals surface area contributed by atoms with Crippen LogP contribution in [0.2, 0.25) is 0 Å². The van der Waals surface area contributed by atoms with Gasteiger partial charge in [-0.2, -0.15) is 0 Å². The number of benzene rings is 1. The standard InChI is InChI=1S/C13H19NO/c1-8-4-5-9-10(6-8)13(2,3)7-11(14)12(9)15/h4-6,11-12,15H,7,14H2,1-3H3. The highest BCUT2D eigenvalue weighted by atomic mass is 16.3. The third-order valence-electron chi connectivity index (χ3n) is 3.41. The van der Waals surface area contributed by atoms with Crippen molar-refractivity contribution in [1.82, 2.24) is 0 Å². The molecule has 0 amide bonds. The molecule has 0 saturated carbocycles. The first-order valence-corrected chi connectivity index (χ1v) is 5.46. The molecule has 2 rings (SSSR count). The number of hydrogen-bond donors (Lipinski definition) is 2. The highest BCUT2D eigenvalue weighted by molar-refractivity contribution is 5.41. The summed E-state index contributed by atoms with van der Waals surface area (Å²) in [6, 6.07) is 6.08. The Morgan fingerprint density at radius 1 is 1.40 bits per heavy atom. The molecule has 1 aliphatic carbocycles. The summed E-state index contributed by atoms with van der Waals surface area (Å²) < 4.78 is 0. The fourth-order valence-electron chi connectivity index (χ4n) is 2.56. The topological polar surface area (TPSA) is 46.2 Å². The molecule has 0 bridgehead atoms. The molecule has 0 saturated heterocycles. The van der Waals surface area contributed by atoms with Gasteiger partial charge in [-0.15, -0.1) is 0 Å². The Hall–Kier alpha value is -0.860. The third-order valence-corrected chi connectivity index (χ3v) is 3.41. The summed E-state index contributed by atoms with van der Waals surface area (Å²) in [6.45, 7) is 6.46. The maximum Gasteiger partial charge on any atom is 0.0944 e. The van der Waals surface area contributed by atoms with Gasteiger partial charge in [0, 0.05) is 6.04 Å². The first-order chi connectivity index (χ1) is 6.92. The first kappa shape index (κ1) is 10.7. The molecule has 0 radical (unpaired) electrons. The smallest absolute Gasteiger partial charge is 0.0944 e. The van der Waals surface area contributed by atoms with Crippen LogP contribution in [0.1, 0.15) is 43.1 Å². The largest absolute Gasteiger partial charge is 0.387 e. The molecule has 15 heavy (non-hydrogen) atoms. The van der Waals surface area contributed by atoms with Gasteiger partial charge in [-0.25, -0.2) is 0 Å². The second-order valence-corrected chi connectivity index (χ2v) is 5.29. The van der Waals surface area contributed by atoms with Gasteiger partial charge in [0.15, 0.2) is 0 Å². The predicted octanol–water partition coefficient (Wildman–Crippen LogP) is 2.04. The quantitative estimate of drug-likeness (QED) is 0.681. The van der Waals surface area contributed by atoms with E-state index in [9.17, 15) is 5.11 Å². The Labute approximate surface area is 91.1 Å². The van der Waals surface area contributed by atoms with E-state index in [1.165, 1.54) is 11.1 Å². The Kier molecular flexibility index (Phi) is 2.36. The lowest BCUT2D eigenvalue weighted by molar-refractivity contribution is 0.116. The van der Waals surface area contributed by atoms with Crippen LogP contribution >= 0.6 is 0 Å². The van der Waals surface area contributed by atoms with Gasteiger partial charge in [-0.1, -0.05) is 37.6 Å². The lowest BCUT2D eigenvalue weighted by Gasteiger charge is -2.39. The van der Waals surface area contributed by atoms with Crippen LogP contribution in [0.15, 0.2) is 18.2 Å². The van der Waals surface area contributed by atoms with Crippen molar-refractivity contribution in [2.45, 2.75) is 44.8 Å². The lowest BCUT2D eigenvalue weighted by Crippen LogP contribution is -2.41. The number of aliphatic hydroxyl groups excluding tert-OH is 1. The highest BCUT2D eigenvalue weighted by Gasteiger charge is 2.36. The van der Waals surface area contributed by atoms with E-state index in [1.54, 1.807) is 0 Å². The monoisotopic (exact) mass is 205 g/mol. The van der Waals surface area contributed by atoms with Crippen LogP contribution in [-0.4, -0.2) is 11.1 Å². The van der Waals surface area contributed by atoms with Gasteiger partial charge in [-0.05, 0) is 29.9 Å². The minimum Gasteiger partial charge on any atom is -0.387 e. The van der Waals surface area contributed by atoms with Gasteiger partial charge < -0.3 is 10.8 Å². The Balaban J connectivity index is 2.59. The summed E-state index contributed by atoms with van der Waals surface area (Å²) >= 11 is 0. The number of aliphatic hydroxyl groups is 1. The fourth-order valence-corrected chi connectivity index (χ4v) is 2.56. The average molecular weight is 205 g/mol. The van der Waals surface area contributed by atoms with E-state index >= 15 is 0 Å². The fraction of sp³-hybridized carbons (Fsp3) is 0.538. The first-order valence-electron chi connectivity index (χ1n) is 5.46. The Morgan fingerprint density at radius 3 is 2.73 bits per heavy atom. The van der Waals surface area contributed by atoms with E-state index in [1.807, 2.05) is 12.1 Å². The van der Waals surface area contributed by atoms with Crippen molar-refractivity contribution in [3.8, 4) is 0 Å². The molecule has 0 spiro atoms. The second-order valence-electron chi connectivity index (χ2n) is 5.29. The van der Waals surface area contributed by atoms with Crippen LogP contribution in [0.5, 0.6) is 0 Å². The number of hydrogen-bond acceptors (Lipinski definition) is 2. The average Bonchev–Trinajstić information content (AvgIpc) is 2.14. The van der Waals surface area contributed by atoms with Gasteiger partial charge in [0.1, 0.15) is 0 Å². The van der Waals surface area contributed by atoms with Crippen molar-refractivity contribution in [2.24, 2.45) is 5.73 Å². The molecule has 2 unspecified atom stereocenters. The van der Waals surface area contributed by atoms with Gasteiger partial charge in [0.25, 0.3) is 0 Å². The molecule has 0 heterocycles. The van der Waals surface area contributed by atoms with E-state index in [4.69, 9.17) is 5.73 Å². The molecule has 82 valence electrons. The van der Waals surface area contributed by atoms with E-state index in [0.717, 1.165) is 12.0 Å². The van der Waals surface area contributed by atoms with E-state index in [0.29, 0.717) is 0 Å². The molecule has 1 aromatic rings. The molecule has 0 aromatic heterocycles. The molecule has 2 heteroatoms. The van der Waals surface area contributed by atoms with Gasteiger partial charge in [0.2, 0.25) is 0 Å². The van der Waals surface area contributed by atoms with Crippen molar-refractivity contribution < 1.29 is 5.11 Å². The minimum absolute atomic E-state index is 0.0694. The summed E-state index contributed by atoms with van der Waals surface area (Å²) in [7, 11) is 0. The van der Waals surface area contributed by atoms with Gasteiger partial charge >= 0.3 is 0 Å². The number of nitrogens with two attached hydrogens (primary N) is 1. The van der Waals surface area contributed by atoms with Crippen LogP contribution in [0.4, 0.5) is 0 Å². The third kappa shape index (κ3) is 1.68. The summed E-state index contributed by atoms with van der Waals surface area (Å²) in [4.78, 5) is 0. The molecule has 0 fully saturated rings. The SMILES string of the molecule is Cc1ccc2c(c1)C(C)(C)CC(N)C2O. The molecule has 3 N–H and O–H groups in total. The van der Waals surface area contributed by atoms with E-state index in [2.05, 4.69) is 26.8 Å². The zero-order chi connectivity index (χ0) is 11.2. The Bertz CT molecular complexity index is 384. The van der Waals surface area contributed by atoms with Crippen LogP contribution < -0.4 is 5.73 Å². The van der Waals surface area contributed by atoms with Gasteiger partial charge in [0.05, 0.1) is 6.10 Å². The zero-order valence-electron chi connectivity index (χ0n) is 9.62. The molecule has 1 aliphatic rings. The number of aryl methyl sites for hydroxylation is 1.